The van der Waals surface area contributed by atoms with Crippen molar-refractivity contribution in [1.29, 1.82) is 0 Å². The maximum atomic E-state index is 12.4. The van der Waals surface area contributed by atoms with Gasteiger partial charge in [0.05, 0.1) is 5.92 Å². The second kappa shape index (κ2) is 7.92. The highest BCUT2D eigenvalue weighted by Crippen LogP contribution is 2.26. The number of carbonyl (C=O) groups excluding carboxylic acids is 3. The normalized spacial score (nSPS) is 18.9. The number of carboxylic acids is 1. The number of anilines is 2. The highest BCUT2D eigenvalue weighted by Gasteiger charge is 2.29. The fourth-order valence-corrected chi connectivity index (χ4v) is 3.28. The van der Waals surface area contributed by atoms with E-state index in [1.165, 1.54) is 11.3 Å². The molecule has 2 atom stereocenters. The van der Waals surface area contributed by atoms with Gasteiger partial charge in [-0.15, -0.1) is 11.3 Å². The van der Waals surface area contributed by atoms with Crippen LogP contribution in [0.25, 0.3) is 0 Å². The number of thiazole rings is 1. The van der Waals surface area contributed by atoms with Crippen LogP contribution in [0.5, 0.6) is 0 Å². The first-order valence-corrected chi connectivity index (χ1v) is 8.90. The van der Waals surface area contributed by atoms with Gasteiger partial charge >= 0.3 is 0 Å². The molecule has 0 bridgehead atoms. The second-order valence-corrected chi connectivity index (χ2v) is 6.73. The van der Waals surface area contributed by atoms with Crippen LogP contribution in [0.15, 0.2) is 48.0 Å². The summed E-state index contributed by atoms with van der Waals surface area (Å²) in [4.78, 5) is 39.7. The molecule has 2 amide bonds. The van der Waals surface area contributed by atoms with Gasteiger partial charge in [0.1, 0.15) is 0 Å². The van der Waals surface area contributed by atoms with E-state index in [0.29, 0.717) is 22.8 Å². The summed E-state index contributed by atoms with van der Waals surface area (Å²) in [5, 5.41) is 18.8. The van der Waals surface area contributed by atoms with Gasteiger partial charge < -0.3 is 15.2 Å². The first-order chi connectivity index (χ1) is 12.5. The number of amides is 2. The summed E-state index contributed by atoms with van der Waals surface area (Å²) in [6, 6.07) is 6.35. The maximum Gasteiger partial charge on any atom is 0.257 e. The molecule has 0 spiro atoms. The highest BCUT2D eigenvalue weighted by molar-refractivity contribution is 7.13. The Kier molecular flexibility index (Phi) is 5.43. The number of aromatic nitrogens is 1. The lowest BCUT2D eigenvalue weighted by atomic mass is 9.82. The van der Waals surface area contributed by atoms with Crippen molar-refractivity contribution in [3.05, 3.63) is 53.6 Å². The zero-order chi connectivity index (χ0) is 18.5. The maximum absolute atomic E-state index is 12.4. The van der Waals surface area contributed by atoms with Gasteiger partial charge in [0.25, 0.3) is 5.91 Å². The lowest BCUT2D eigenvalue weighted by Gasteiger charge is -2.28. The predicted molar refractivity (Wildman–Crippen MR) is 95.5 cm³/mol. The Hall–Kier alpha value is -3.00. The molecule has 7 nitrogen and oxygen atoms in total. The molecule has 134 valence electrons. The third-order valence-corrected chi connectivity index (χ3v) is 4.83. The van der Waals surface area contributed by atoms with Crippen molar-refractivity contribution in [1.82, 2.24) is 4.98 Å². The molecular weight excluding hydrogens is 354 g/mol. The molecule has 2 aromatic rings. The molecule has 8 heteroatoms. The van der Waals surface area contributed by atoms with E-state index in [1.54, 1.807) is 48.0 Å². The first-order valence-electron chi connectivity index (χ1n) is 8.02. The van der Waals surface area contributed by atoms with Crippen LogP contribution in [0, 0.1) is 11.8 Å². The Bertz CT molecular complexity index is 831. The number of nitrogens with zero attached hydrogens (tertiary/aromatic N) is 1. The van der Waals surface area contributed by atoms with Crippen LogP contribution in [0.3, 0.4) is 0 Å². The fraction of sp³-hybridized carbons (Fsp3) is 0.222. The lowest BCUT2D eigenvalue weighted by Crippen LogP contribution is -2.41. The van der Waals surface area contributed by atoms with Crippen LogP contribution < -0.4 is 15.7 Å². The van der Waals surface area contributed by atoms with Gasteiger partial charge in [-0.05, 0) is 37.1 Å². The van der Waals surface area contributed by atoms with Crippen LogP contribution in [0.4, 0.5) is 10.8 Å². The monoisotopic (exact) mass is 370 g/mol. The molecule has 0 fully saturated rings. The van der Waals surface area contributed by atoms with Crippen LogP contribution in [0.2, 0.25) is 0 Å². The molecular formula is C18H16N3O4S-. The van der Waals surface area contributed by atoms with Crippen molar-refractivity contribution in [2.45, 2.75) is 12.8 Å². The van der Waals surface area contributed by atoms with Crippen LogP contribution in [0.1, 0.15) is 23.2 Å². The minimum Gasteiger partial charge on any atom is -0.550 e. The minimum absolute atomic E-state index is 0.288. The number of nitrogens with one attached hydrogen (secondary N) is 2. The Labute approximate surface area is 153 Å². The van der Waals surface area contributed by atoms with Crippen molar-refractivity contribution in [2.75, 3.05) is 10.6 Å². The summed E-state index contributed by atoms with van der Waals surface area (Å²) in [6.07, 6.45) is 5.80. The quantitative estimate of drug-likeness (QED) is 0.778. The number of aliphatic carboxylic acids is 1. The Morgan fingerprint density at radius 1 is 1.04 bits per heavy atom. The summed E-state index contributed by atoms with van der Waals surface area (Å²) in [5.41, 5.74) is 0.916. The molecule has 26 heavy (non-hydrogen) atoms. The van der Waals surface area contributed by atoms with E-state index in [4.69, 9.17) is 0 Å². The van der Waals surface area contributed by atoms with Gasteiger partial charge in [0.2, 0.25) is 5.91 Å². The van der Waals surface area contributed by atoms with Gasteiger partial charge in [-0.2, -0.15) is 0 Å². The Morgan fingerprint density at radius 2 is 1.73 bits per heavy atom. The van der Waals surface area contributed by atoms with Crippen molar-refractivity contribution in [2.24, 2.45) is 11.8 Å². The van der Waals surface area contributed by atoms with E-state index < -0.39 is 17.8 Å². The van der Waals surface area contributed by atoms with Crippen molar-refractivity contribution >= 4 is 39.9 Å². The summed E-state index contributed by atoms with van der Waals surface area (Å²) >= 11 is 1.32. The largest absolute Gasteiger partial charge is 0.550 e. The average molecular weight is 370 g/mol. The third kappa shape index (κ3) is 4.15. The molecule has 0 unspecified atom stereocenters. The number of carbonyl (C=O) groups is 3. The summed E-state index contributed by atoms with van der Waals surface area (Å²) < 4.78 is 0. The summed E-state index contributed by atoms with van der Waals surface area (Å²) in [6.45, 7) is 0. The molecule has 1 aliphatic carbocycles. The molecule has 1 aromatic carbocycles. The van der Waals surface area contributed by atoms with E-state index in [0.717, 1.165) is 0 Å². The minimum atomic E-state index is -1.22. The number of allylic oxidation sites excluding steroid dienone is 2. The molecule has 0 saturated carbocycles. The predicted octanol–water partition coefficient (Wildman–Crippen LogP) is 1.67. The number of rotatable bonds is 5. The van der Waals surface area contributed by atoms with Gasteiger partial charge in [0.15, 0.2) is 5.13 Å². The topological polar surface area (TPSA) is 111 Å². The molecule has 0 saturated heterocycles. The number of hydrogen-bond acceptors (Lipinski definition) is 6. The van der Waals surface area contributed by atoms with Crippen LogP contribution >= 0.6 is 11.3 Å². The first kappa shape index (κ1) is 17.8. The molecule has 0 aliphatic heterocycles. The number of hydrogen-bond donors (Lipinski definition) is 2. The van der Waals surface area contributed by atoms with Crippen molar-refractivity contribution in [3.63, 3.8) is 0 Å². The van der Waals surface area contributed by atoms with Gasteiger partial charge in [-0.3, -0.25) is 14.9 Å². The highest BCUT2D eigenvalue weighted by atomic mass is 32.1. The van der Waals surface area contributed by atoms with Crippen LogP contribution in [-0.2, 0) is 9.59 Å². The Morgan fingerprint density at radius 3 is 2.35 bits per heavy atom. The van der Waals surface area contributed by atoms with E-state index in [-0.39, 0.29) is 18.2 Å². The van der Waals surface area contributed by atoms with Gasteiger partial charge in [0, 0.05) is 34.7 Å². The third-order valence-electron chi connectivity index (χ3n) is 4.14. The molecule has 0 radical (unpaired) electrons. The standard InChI is InChI=1S/C18H17N3O4S/c22-15(21-18-19-9-10-26-18)11-5-7-12(8-6-11)20-16(23)13-3-1-2-4-14(13)17(24)25/h1-2,5-10,13-14H,3-4H2,(H,20,23)(H,24,25)(H,19,21,22)/p-1/t13-,14+/m0/s1. The molecule has 1 heterocycles. The van der Waals surface area contributed by atoms with Gasteiger partial charge in [-0.25, -0.2) is 4.98 Å². The summed E-state index contributed by atoms with van der Waals surface area (Å²) in [7, 11) is 0. The summed E-state index contributed by atoms with van der Waals surface area (Å²) in [5.74, 6) is -3.39. The lowest BCUT2D eigenvalue weighted by molar-refractivity contribution is -0.313. The zero-order valence-electron chi connectivity index (χ0n) is 13.7. The van der Waals surface area contributed by atoms with E-state index in [1.807, 2.05) is 0 Å². The van der Waals surface area contributed by atoms with E-state index in [9.17, 15) is 19.5 Å². The SMILES string of the molecule is O=C(Nc1nccs1)c1ccc(NC(=O)[C@H]2CC=CC[C@H]2C(=O)[O-])cc1. The molecule has 1 aromatic heterocycles. The number of carboxylic acid groups (broad SMARTS) is 1. The molecule has 3 rings (SSSR count). The van der Waals surface area contributed by atoms with E-state index >= 15 is 0 Å². The molecule has 1 aliphatic rings. The smallest absolute Gasteiger partial charge is 0.257 e. The Balaban J connectivity index is 1.63. The fourth-order valence-electron chi connectivity index (χ4n) is 2.76. The van der Waals surface area contributed by atoms with E-state index in [2.05, 4.69) is 15.6 Å². The second-order valence-electron chi connectivity index (χ2n) is 5.83. The van der Waals surface area contributed by atoms with Crippen molar-refractivity contribution in [3.8, 4) is 0 Å². The van der Waals surface area contributed by atoms with Crippen molar-refractivity contribution < 1.29 is 19.5 Å². The average Bonchev–Trinajstić information content (AvgIpc) is 3.15. The zero-order valence-corrected chi connectivity index (χ0v) is 14.5. The van der Waals surface area contributed by atoms with Gasteiger partial charge in [-0.1, -0.05) is 12.2 Å². The van der Waals surface area contributed by atoms with Crippen LogP contribution in [-0.4, -0.2) is 22.8 Å². The molecule has 2 N–H and O–H groups in total. The number of benzene rings is 1.